The highest BCUT2D eigenvalue weighted by Gasteiger charge is 2.43. The first-order valence-corrected chi connectivity index (χ1v) is 8.51. The zero-order chi connectivity index (χ0) is 19.3. The fourth-order valence-electron chi connectivity index (χ4n) is 1.71. The zero-order valence-electron chi connectivity index (χ0n) is 16.3. The summed E-state index contributed by atoms with van der Waals surface area (Å²) in [5.41, 5.74) is -0.792. The Labute approximate surface area is 147 Å². The Hall–Kier alpha value is -0.500. The fourth-order valence-corrected chi connectivity index (χ4v) is 1.71. The first-order chi connectivity index (χ1) is 11.1. The maximum Gasteiger partial charge on any atom is 0.283 e. The van der Waals surface area contributed by atoms with E-state index in [1.54, 1.807) is 20.8 Å². The van der Waals surface area contributed by atoms with Crippen LogP contribution in [0.25, 0.3) is 0 Å². The van der Waals surface area contributed by atoms with Gasteiger partial charge in [-0.05, 0) is 26.2 Å². The van der Waals surface area contributed by atoms with Crippen LogP contribution in [-0.4, -0.2) is 60.9 Å². The summed E-state index contributed by atoms with van der Waals surface area (Å²) in [6.07, 6.45) is 1.99. The monoisotopic (exact) mass is 350 g/mol. The van der Waals surface area contributed by atoms with Gasteiger partial charge in [-0.15, -0.1) is 6.58 Å². The summed E-state index contributed by atoms with van der Waals surface area (Å²) in [6.45, 7) is 15.3. The first-order valence-electron chi connectivity index (χ1n) is 8.51. The molecule has 0 radical (unpaired) electrons. The molecule has 6 heteroatoms. The SMILES string of the molecule is C=CC(C)(C)C.CCOC(CC(CO)(CO)CO)(OCC)OCC. The van der Waals surface area contributed by atoms with Gasteiger partial charge < -0.3 is 29.5 Å². The van der Waals surface area contributed by atoms with Crippen molar-refractivity contribution >= 4 is 0 Å². The minimum Gasteiger partial charge on any atom is -0.396 e. The second-order valence-electron chi connectivity index (χ2n) is 6.70. The third kappa shape index (κ3) is 10.4. The van der Waals surface area contributed by atoms with Crippen LogP contribution in [0.3, 0.4) is 0 Å². The average molecular weight is 350 g/mol. The van der Waals surface area contributed by atoms with E-state index in [9.17, 15) is 15.3 Å². The molecule has 0 aliphatic heterocycles. The van der Waals surface area contributed by atoms with Gasteiger partial charge in [0, 0.05) is 31.7 Å². The predicted octanol–water partition coefficient (Wildman–Crippen LogP) is 2.32. The van der Waals surface area contributed by atoms with Crippen molar-refractivity contribution in [3.8, 4) is 0 Å². The number of ether oxygens (including phenoxy) is 3. The molecule has 0 aromatic rings. The Kier molecular flexibility index (Phi) is 13.7. The van der Waals surface area contributed by atoms with Gasteiger partial charge in [0.05, 0.1) is 19.8 Å². The van der Waals surface area contributed by atoms with E-state index in [1.807, 2.05) is 6.08 Å². The molecule has 24 heavy (non-hydrogen) atoms. The summed E-state index contributed by atoms with van der Waals surface area (Å²) in [5, 5.41) is 28.1. The van der Waals surface area contributed by atoms with Crippen LogP contribution in [0.2, 0.25) is 0 Å². The van der Waals surface area contributed by atoms with Crippen molar-refractivity contribution in [2.75, 3.05) is 39.6 Å². The number of hydrogen-bond donors (Lipinski definition) is 3. The number of aliphatic hydroxyl groups is 3. The third-order valence-electron chi connectivity index (χ3n) is 3.30. The fraction of sp³-hybridized carbons (Fsp3) is 0.889. The van der Waals surface area contributed by atoms with Crippen molar-refractivity contribution in [3.63, 3.8) is 0 Å². The normalized spacial score (nSPS) is 12.5. The highest BCUT2D eigenvalue weighted by atomic mass is 16.9. The first kappa shape index (κ1) is 25.7. The van der Waals surface area contributed by atoms with E-state index in [4.69, 9.17) is 14.2 Å². The Bertz CT molecular complexity index is 282. The molecule has 0 fully saturated rings. The molecule has 0 heterocycles. The molecule has 0 amide bonds. The number of aliphatic hydroxyl groups excluding tert-OH is 3. The quantitative estimate of drug-likeness (QED) is 0.391. The topological polar surface area (TPSA) is 88.4 Å². The summed E-state index contributed by atoms with van der Waals surface area (Å²) in [7, 11) is 0. The summed E-state index contributed by atoms with van der Waals surface area (Å²) >= 11 is 0. The van der Waals surface area contributed by atoms with Gasteiger partial charge in [0.25, 0.3) is 5.97 Å². The van der Waals surface area contributed by atoms with E-state index in [-0.39, 0.29) is 26.2 Å². The molecule has 0 bridgehead atoms. The van der Waals surface area contributed by atoms with Crippen molar-refractivity contribution in [1.82, 2.24) is 0 Å². The molecule has 0 aromatic carbocycles. The van der Waals surface area contributed by atoms with Crippen LogP contribution < -0.4 is 0 Å². The van der Waals surface area contributed by atoms with Gasteiger partial charge in [0.1, 0.15) is 0 Å². The summed E-state index contributed by atoms with van der Waals surface area (Å²) in [5.74, 6) is -1.34. The molecule has 0 aromatic heterocycles. The molecule has 0 saturated carbocycles. The summed E-state index contributed by atoms with van der Waals surface area (Å²) < 4.78 is 16.5. The van der Waals surface area contributed by atoms with Gasteiger partial charge in [-0.3, -0.25) is 0 Å². The average Bonchev–Trinajstić information content (AvgIpc) is 2.53. The standard InChI is InChI=1S/C12H26O6.C6H12/c1-4-16-12(17-5-2,18-6-3)7-11(8-13,9-14)10-15;1-5-6(2,3)4/h13-15H,4-10H2,1-3H3;5H,1H2,2-4H3. The largest absolute Gasteiger partial charge is 0.396 e. The lowest BCUT2D eigenvalue weighted by Gasteiger charge is -2.39. The van der Waals surface area contributed by atoms with Crippen molar-refractivity contribution < 1.29 is 29.5 Å². The zero-order valence-corrected chi connectivity index (χ0v) is 16.3. The minimum absolute atomic E-state index is 0.0546. The highest BCUT2D eigenvalue weighted by Crippen LogP contribution is 2.32. The number of hydrogen-bond acceptors (Lipinski definition) is 6. The minimum atomic E-state index is -1.34. The Morgan fingerprint density at radius 3 is 1.25 bits per heavy atom. The van der Waals surface area contributed by atoms with Crippen molar-refractivity contribution in [2.45, 2.75) is 53.9 Å². The molecular weight excluding hydrogens is 312 g/mol. The molecule has 0 rings (SSSR count). The molecule has 0 atom stereocenters. The Morgan fingerprint density at radius 2 is 1.08 bits per heavy atom. The van der Waals surface area contributed by atoms with Gasteiger partial charge in [0.2, 0.25) is 0 Å². The molecule has 0 saturated heterocycles. The maximum atomic E-state index is 9.36. The van der Waals surface area contributed by atoms with Gasteiger partial charge in [0.15, 0.2) is 0 Å². The van der Waals surface area contributed by atoms with Crippen molar-refractivity contribution in [2.24, 2.45) is 10.8 Å². The lowest BCUT2D eigenvalue weighted by Crippen LogP contribution is -2.48. The Morgan fingerprint density at radius 1 is 0.792 bits per heavy atom. The van der Waals surface area contributed by atoms with Crippen LogP contribution in [0.5, 0.6) is 0 Å². The van der Waals surface area contributed by atoms with Crippen LogP contribution in [0, 0.1) is 10.8 Å². The molecule has 146 valence electrons. The second-order valence-corrected chi connectivity index (χ2v) is 6.70. The van der Waals surface area contributed by atoms with E-state index in [0.29, 0.717) is 25.2 Å². The highest BCUT2D eigenvalue weighted by molar-refractivity contribution is 4.82. The molecule has 0 aliphatic carbocycles. The van der Waals surface area contributed by atoms with Gasteiger partial charge in [-0.1, -0.05) is 26.8 Å². The van der Waals surface area contributed by atoms with Gasteiger partial charge >= 0.3 is 0 Å². The van der Waals surface area contributed by atoms with E-state index in [1.165, 1.54) is 0 Å². The smallest absolute Gasteiger partial charge is 0.283 e. The van der Waals surface area contributed by atoms with Gasteiger partial charge in [-0.25, -0.2) is 0 Å². The lowest BCUT2D eigenvalue weighted by atomic mass is 9.86. The van der Waals surface area contributed by atoms with Crippen LogP contribution in [0.15, 0.2) is 12.7 Å². The van der Waals surface area contributed by atoms with Gasteiger partial charge in [-0.2, -0.15) is 0 Å². The second kappa shape index (κ2) is 12.8. The summed E-state index contributed by atoms with van der Waals surface area (Å²) in [6, 6.07) is 0. The van der Waals surface area contributed by atoms with E-state index >= 15 is 0 Å². The van der Waals surface area contributed by atoms with E-state index < -0.39 is 11.4 Å². The third-order valence-corrected chi connectivity index (χ3v) is 3.30. The van der Waals surface area contributed by atoms with Crippen LogP contribution >= 0.6 is 0 Å². The van der Waals surface area contributed by atoms with Crippen LogP contribution in [0.4, 0.5) is 0 Å². The van der Waals surface area contributed by atoms with Crippen molar-refractivity contribution in [3.05, 3.63) is 12.7 Å². The van der Waals surface area contributed by atoms with Crippen LogP contribution in [-0.2, 0) is 14.2 Å². The summed E-state index contributed by atoms with van der Waals surface area (Å²) in [4.78, 5) is 0. The molecule has 0 unspecified atom stereocenters. The van der Waals surface area contributed by atoms with E-state index in [2.05, 4.69) is 27.4 Å². The maximum absolute atomic E-state index is 9.36. The molecular formula is C18H38O6. The molecule has 0 spiro atoms. The number of allylic oxidation sites excluding steroid dienone is 1. The molecule has 6 nitrogen and oxygen atoms in total. The van der Waals surface area contributed by atoms with Crippen molar-refractivity contribution in [1.29, 1.82) is 0 Å². The lowest BCUT2D eigenvalue weighted by molar-refractivity contribution is -0.391. The predicted molar refractivity (Wildman–Crippen MR) is 95.6 cm³/mol. The molecule has 3 N–H and O–H groups in total. The van der Waals surface area contributed by atoms with Crippen LogP contribution in [0.1, 0.15) is 48.0 Å². The molecule has 0 aliphatic rings. The Balaban J connectivity index is 0. The number of rotatable bonds is 11. The van der Waals surface area contributed by atoms with E-state index in [0.717, 1.165) is 0 Å².